The van der Waals surface area contributed by atoms with Crippen molar-refractivity contribution < 1.29 is 13.3 Å². The van der Waals surface area contributed by atoms with Crippen LogP contribution in [0.5, 0.6) is 0 Å². The predicted octanol–water partition coefficient (Wildman–Crippen LogP) is 1.96. The molecule has 0 bridgehead atoms. The number of rotatable bonds is 9. The van der Waals surface area contributed by atoms with E-state index in [0.29, 0.717) is 13.0 Å². The zero-order chi connectivity index (χ0) is 15.7. The topological polar surface area (TPSA) is 58.6 Å². The van der Waals surface area contributed by atoms with Crippen molar-refractivity contribution in [2.75, 3.05) is 32.0 Å². The summed E-state index contributed by atoms with van der Waals surface area (Å²) < 4.78 is 23.6. The van der Waals surface area contributed by atoms with Gasteiger partial charge in [0.2, 0.25) is 10.0 Å². The van der Waals surface area contributed by atoms with Crippen LogP contribution < -0.4 is 4.89 Å². The Morgan fingerprint density at radius 1 is 1.09 bits per heavy atom. The fourth-order valence-corrected chi connectivity index (χ4v) is 3.51. The number of hydrogen-bond acceptors (Lipinski definition) is 4. The Balaban J connectivity index is 1.57. The Hall–Kier alpha value is -0.950. The molecule has 1 N–H and O–H groups in total. The molecular formula is C16H26N2O3S. The Morgan fingerprint density at radius 3 is 2.55 bits per heavy atom. The monoisotopic (exact) mass is 326 g/mol. The second kappa shape index (κ2) is 9.25. The average Bonchev–Trinajstić information content (AvgIpc) is 2.53. The second-order valence-electron chi connectivity index (χ2n) is 5.74. The third-order valence-corrected chi connectivity index (χ3v) is 5.06. The molecule has 0 amide bonds. The van der Waals surface area contributed by atoms with Gasteiger partial charge < -0.3 is 4.90 Å². The van der Waals surface area contributed by atoms with Gasteiger partial charge in [-0.15, -0.1) is 0 Å². The molecule has 1 aliphatic heterocycles. The molecule has 1 aliphatic rings. The molecule has 0 radical (unpaired) electrons. The van der Waals surface area contributed by atoms with Crippen molar-refractivity contribution in [1.29, 1.82) is 0 Å². The van der Waals surface area contributed by atoms with E-state index in [2.05, 4.69) is 9.79 Å². The Labute approximate surface area is 133 Å². The minimum atomic E-state index is -3.35. The van der Waals surface area contributed by atoms with Gasteiger partial charge in [-0.3, -0.25) is 4.84 Å². The van der Waals surface area contributed by atoms with Crippen LogP contribution >= 0.6 is 0 Å². The number of hydrogen-bond donors (Lipinski definition) is 1. The van der Waals surface area contributed by atoms with Crippen LogP contribution in [0.25, 0.3) is 0 Å². The number of aryl methyl sites for hydroxylation is 1. The van der Waals surface area contributed by atoms with Crippen molar-refractivity contribution in [3.63, 3.8) is 0 Å². The highest BCUT2D eigenvalue weighted by Crippen LogP contribution is 2.07. The molecule has 2 rings (SSSR count). The first-order valence-electron chi connectivity index (χ1n) is 8.03. The molecule has 0 unspecified atom stereocenters. The lowest BCUT2D eigenvalue weighted by atomic mass is 10.1. The van der Waals surface area contributed by atoms with E-state index in [-0.39, 0.29) is 5.75 Å². The zero-order valence-electron chi connectivity index (χ0n) is 13.0. The van der Waals surface area contributed by atoms with Crippen LogP contribution in [-0.4, -0.2) is 45.3 Å². The molecule has 0 spiro atoms. The molecule has 1 aromatic rings. The molecule has 0 aromatic heterocycles. The van der Waals surface area contributed by atoms with Crippen molar-refractivity contribution >= 4 is 10.0 Å². The number of nitrogens with zero attached hydrogens (tertiary/aromatic N) is 1. The molecule has 1 aromatic carbocycles. The Kier molecular flexibility index (Phi) is 7.32. The van der Waals surface area contributed by atoms with Crippen LogP contribution in [0.3, 0.4) is 0 Å². The normalized spacial score (nSPS) is 16.7. The highest BCUT2D eigenvalue weighted by atomic mass is 32.2. The van der Waals surface area contributed by atoms with E-state index in [1.54, 1.807) is 0 Å². The Bertz CT molecular complexity index is 513. The van der Waals surface area contributed by atoms with Gasteiger partial charge in [0.05, 0.1) is 12.4 Å². The summed E-state index contributed by atoms with van der Waals surface area (Å²) in [4.78, 5) is 9.67. The summed E-state index contributed by atoms with van der Waals surface area (Å²) in [6.07, 6.45) is 5.10. The first kappa shape index (κ1) is 17.4. The molecule has 6 heteroatoms. The lowest BCUT2D eigenvalue weighted by molar-refractivity contribution is 0.0656. The van der Waals surface area contributed by atoms with Gasteiger partial charge in [-0.1, -0.05) is 41.6 Å². The number of likely N-dealkylation sites (tertiary alicyclic amines) is 1. The minimum absolute atomic E-state index is 0.0889. The van der Waals surface area contributed by atoms with Gasteiger partial charge in [0.15, 0.2) is 0 Å². The first-order valence-corrected chi connectivity index (χ1v) is 9.68. The van der Waals surface area contributed by atoms with Crippen LogP contribution in [0.1, 0.15) is 31.2 Å². The van der Waals surface area contributed by atoms with E-state index >= 15 is 0 Å². The largest absolute Gasteiger partial charge is 0.301 e. The summed E-state index contributed by atoms with van der Waals surface area (Å²) in [7, 11) is -3.35. The van der Waals surface area contributed by atoms with Gasteiger partial charge >= 0.3 is 0 Å². The summed E-state index contributed by atoms with van der Waals surface area (Å²) in [6.45, 7) is 3.37. The molecule has 1 heterocycles. The SMILES string of the molecule is O=S(=O)(CCCc1ccccc1)NOCCN1CCCCC1. The molecule has 0 atom stereocenters. The fraction of sp³-hybridized carbons (Fsp3) is 0.625. The molecule has 5 nitrogen and oxygen atoms in total. The molecule has 22 heavy (non-hydrogen) atoms. The third-order valence-electron chi connectivity index (χ3n) is 3.87. The summed E-state index contributed by atoms with van der Waals surface area (Å²) in [5.41, 5.74) is 1.16. The maximum atomic E-state index is 11.8. The van der Waals surface area contributed by atoms with Crippen LogP contribution in [0, 0.1) is 0 Å². The van der Waals surface area contributed by atoms with Gasteiger partial charge in [0.1, 0.15) is 0 Å². The van der Waals surface area contributed by atoms with Crippen LogP contribution in [-0.2, 0) is 21.3 Å². The zero-order valence-corrected chi connectivity index (χ0v) is 13.9. The Morgan fingerprint density at radius 2 is 1.82 bits per heavy atom. The van der Waals surface area contributed by atoms with E-state index in [1.165, 1.54) is 19.3 Å². The van der Waals surface area contributed by atoms with Crippen molar-refractivity contribution in [1.82, 2.24) is 9.79 Å². The molecule has 124 valence electrons. The van der Waals surface area contributed by atoms with Crippen molar-refractivity contribution in [2.45, 2.75) is 32.1 Å². The van der Waals surface area contributed by atoms with E-state index in [0.717, 1.165) is 31.6 Å². The van der Waals surface area contributed by atoms with Crippen molar-refractivity contribution in [3.8, 4) is 0 Å². The predicted molar refractivity (Wildman–Crippen MR) is 87.9 cm³/mol. The number of nitrogens with one attached hydrogen (secondary N) is 1. The van der Waals surface area contributed by atoms with Crippen LogP contribution in [0.15, 0.2) is 30.3 Å². The smallest absolute Gasteiger partial charge is 0.233 e. The first-order chi connectivity index (χ1) is 10.7. The number of benzene rings is 1. The van der Waals surface area contributed by atoms with Crippen molar-refractivity contribution in [2.24, 2.45) is 0 Å². The summed E-state index contributed by atoms with van der Waals surface area (Å²) in [6, 6.07) is 9.90. The van der Waals surface area contributed by atoms with E-state index in [1.807, 2.05) is 30.3 Å². The summed E-state index contributed by atoms with van der Waals surface area (Å²) >= 11 is 0. The van der Waals surface area contributed by atoms with Crippen LogP contribution in [0.4, 0.5) is 0 Å². The van der Waals surface area contributed by atoms with Crippen LogP contribution in [0.2, 0.25) is 0 Å². The lowest BCUT2D eigenvalue weighted by Gasteiger charge is -2.25. The highest BCUT2D eigenvalue weighted by Gasteiger charge is 2.12. The van der Waals surface area contributed by atoms with E-state index in [9.17, 15) is 8.42 Å². The summed E-state index contributed by atoms with van der Waals surface area (Å²) in [5.74, 6) is 0.0889. The van der Waals surface area contributed by atoms with Gasteiger partial charge in [-0.2, -0.15) is 0 Å². The van der Waals surface area contributed by atoms with Gasteiger partial charge in [0.25, 0.3) is 0 Å². The highest BCUT2D eigenvalue weighted by molar-refractivity contribution is 7.89. The average molecular weight is 326 g/mol. The van der Waals surface area contributed by atoms with E-state index < -0.39 is 10.0 Å². The standard InChI is InChI=1S/C16H26N2O3S/c19-22(20,15-7-10-16-8-3-1-4-9-16)17-21-14-13-18-11-5-2-6-12-18/h1,3-4,8-9,17H,2,5-7,10-15H2. The number of piperidine rings is 1. The molecule has 0 aliphatic carbocycles. The van der Waals surface area contributed by atoms with Gasteiger partial charge in [-0.05, 0) is 44.3 Å². The quantitative estimate of drug-likeness (QED) is 0.557. The maximum Gasteiger partial charge on any atom is 0.233 e. The van der Waals surface area contributed by atoms with E-state index in [4.69, 9.17) is 4.84 Å². The van der Waals surface area contributed by atoms with Crippen molar-refractivity contribution in [3.05, 3.63) is 35.9 Å². The molecule has 0 saturated carbocycles. The third kappa shape index (κ3) is 6.87. The summed E-state index contributed by atoms with van der Waals surface area (Å²) in [5, 5.41) is 0. The van der Waals surface area contributed by atoms with Gasteiger partial charge in [-0.25, -0.2) is 8.42 Å². The minimum Gasteiger partial charge on any atom is -0.301 e. The number of sulfonamides is 1. The second-order valence-corrected chi connectivity index (χ2v) is 7.55. The lowest BCUT2D eigenvalue weighted by Crippen LogP contribution is -2.35. The maximum absolute atomic E-state index is 11.8. The molecular weight excluding hydrogens is 300 g/mol. The molecule has 1 saturated heterocycles. The molecule has 1 fully saturated rings. The fourth-order valence-electron chi connectivity index (χ4n) is 2.64. The van der Waals surface area contributed by atoms with Gasteiger partial charge in [0, 0.05) is 6.54 Å².